The van der Waals surface area contributed by atoms with Crippen LogP contribution in [0.25, 0.3) is 0 Å². The van der Waals surface area contributed by atoms with Crippen LogP contribution in [0.2, 0.25) is 0 Å². The summed E-state index contributed by atoms with van der Waals surface area (Å²) < 4.78 is 27.2. The van der Waals surface area contributed by atoms with Gasteiger partial charge in [0.2, 0.25) is 5.91 Å². The first kappa shape index (κ1) is 18.9. The Morgan fingerprint density at radius 1 is 1.12 bits per heavy atom. The van der Waals surface area contributed by atoms with E-state index in [1.165, 1.54) is 24.2 Å². The van der Waals surface area contributed by atoms with Crippen LogP contribution in [-0.2, 0) is 14.8 Å². The summed E-state index contributed by atoms with van der Waals surface area (Å²) in [6.07, 6.45) is 6.19. The Morgan fingerprint density at radius 2 is 1.76 bits per heavy atom. The van der Waals surface area contributed by atoms with Gasteiger partial charge in [-0.25, -0.2) is 8.42 Å². The molecule has 25 heavy (non-hydrogen) atoms. The third kappa shape index (κ3) is 4.26. The van der Waals surface area contributed by atoms with E-state index in [-0.39, 0.29) is 17.7 Å². The molecular weight excluding hydrogens is 356 g/mol. The summed E-state index contributed by atoms with van der Waals surface area (Å²) >= 11 is 1.27. The van der Waals surface area contributed by atoms with Gasteiger partial charge in [0, 0.05) is 32.1 Å². The van der Waals surface area contributed by atoms with Gasteiger partial charge in [-0.05, 0) is 43.0 Å². The Morgan fingerprint density at radius 3 is 2.32 bits per heavy atom. The van der Waals surface area contributed by atoms with Gasteiger partial charge in [0.15, 0.2) is 0 Å². The Kier molecular flexibility index (Phi) is 6.17. The standard InChI is InChI=1S/C18H28N2O3S2/c1-15(18(21)19-10-4-2-3-5-11-19)16-8-12-20(13-9-16)25(22,23)17-7-6-14-24-17/h6-7,14-16H,2-5,8-13H2,1H3/t15-/m0/s1. The number of piperidine rings is 1. The third-order valence-corrected chi connectivity index (χ3v) is 8.87. The van der Waals surface area contributed by atoms with Crippen LogP contribution in [0.5, 0.6) is 0 Å². The van der Waals surface area contributed by atoms with Crippen LogP contribution < -0.4 is 0 Å². The number of hydrogen-bond donors (Lipinski definition) is 0. The highest BCUT2D eigenvalue weighted by Crippen LogP contribution is 2.31. The van der Waals surface area contributed by atoms with Crippen LogP contribution >= 0.6 is 11.3 Å². The monoisotopic (exact) mass is 384 g/mol. The number of hydrogen-bond acceptors (Lipinski definition) is 4. The van der Waals surface area contributed by atoms with E-state index in [2.05, 4.69) is 0 Å². The van der Waals surface area contributed by atoms with Gasteiger partial charge in [-0.15, -0.1) is 11.3 Å². The van der Waals surface area contributed by atoms with Crippen molar-refractivity contribution >= 4 is 27.3 Å². The molecule has 0 spiro atoms. The fourth-order valence-electron chi connectivity index (χ4n) is 3.93. The molecule has 2 aliphatic rings. The second-order valence-corrected chi connectivity index (χ2v) is 10.3. The molecule has 5 nitrogen and oxygen atoms in total. The second kappa shape index (κ2) is 8.18. The van der Waals surface area contributed by atoms with E-state index >= 15 is 0 Å². The maximum absolute atomic E-state index is 12.8. The summed E-state index contributed by atoms with van der Waals surface area (Å²) in [5.41, 5.74) is 0. The van der Waals surface area contributed by atoms with Gasteiger partial charge in [-0.1, -0.05) is 25.8 Å². The summed E-state index contributed by atoms with van der Waals surface area (Å²) in [5, 5.41) is 1.79. The number of sulfonamides is 1. The van der Waals surface area contributed by atoms with Gasteiger partial charge >= 0.3 is 0 Å². The van der Waals surface area contributed by atoms with E-state index in [4.69, 9.17) is 0 Å². The largest absolute Gasteiger partial charge is 0.342 e. The summed E-state index contributed by atoms with van der Waals surface area (Å²) in [4.78, 5) is 14.8. The van der Waals surface area contributed by atoms with Crippen LogP contribution in [0.1, 0.15) is 45.4 Å². The van der Waals surface area contributed by atoms with Gasteiger partial charge in [0.1, 0.15) is 4.21 Å². The van der Waals surface area contributed by atoms with Crippen LogP contribution in [0, 0.1) is 11.8 Å². The van der Waals surface area contributed by atoms with E-state index in [1.807, 2.05) is 11.8 Å². The first-order chi connectivity index (χ1) is 12.0. The average Bonchev–Trinajstić information content (AvgIpc) is 3.05. The van der Waals surface area contributed by atoms with Gasteiger partial charge in [-0.2, -0.15) is 4.31 Å². The average molecular weight is 385 g/mol. The van der Waals surface area contributed by atoms with Crippen molar-refractivity contribution in [1.29, 1.82) is 0 Å². The van der Waals surface area contributed by atoms with Crippen molar-refractivity contribution in [3.05, 3.63) is 17.5 Å². The van der Waals surface area contributed by atoms with Crippen molar-refractivity contribution < 1.29 is 13.2 Å². The smallest absolute Gasteiger partial charge is 0.252 e. The molecular formula is C18H28N2O3S2. The number of likely N-dealkylation sites (tertiary alicyclic amines) is 1. The highest BCUT2D eigenvalue weighted by atomic mass is 32.2. The molecule has 7 heteroatoms. The number of carbonyl (C=O) groups excluding carboxylic acids is 1. The molecule has 1 amide bonds. The highest BCUT2D eigenvalue weighted by molar-refractivity contribution is 7.91. The van der Waals surface area contributed by atoms with Gasteiger partial charge in [0.25, 0.3) is 10.0 Å². The van der Waals surface area contributed by atoms with Gasteiger partial charge < -0.3 is 4.90 Å². The van der Waals surface area contributed by atoms with Crippen LogP contribution in [0.15, 0.2) is 21.7 Å². The molecule has 1 aromatic rings. The third-order valence-electron chi connectivity index (χ3n) is 5.60. The quantitative estimate of drug-likeness (QED) is 0.801. The first-order valence-electron chi connectivity index (χ1n) is 9.32. The predicted octanol–water partition coefficient (Wildman–Crippen LogP) is 3.19. The number of amides is 1. The van der Waals surface area contributed by atoms with E-state index in [0.717, 1.165) is 38.8 Å². The van der Waals surface area contributed by atoms with Crippen molar-refractivity contribution in [2.75, 3.05) is 26.2 Å². The predicted molar refractivity (Wildman–Crippen MR) is 100 cm³/mol. The lowest BCUT2D eigenvalue weighted by atomic mass is 9.85. The molecule has 2 saturated heterocycles. The number of thiophene rings is 1. The van der Waals surface area contributed by atoms with Crippen molar-refractivity contribution in [3.63, 3.8) is 0 Å². The zero-order chi connectivity index (χ0) is 17.9. The van der Waals surface area contributed by atoms with E-state index in [0.29, 0.717) is 17.3 Å². The lowest BCUT2D eigenvalue weighted by Crippen LogP contribution is -2.44. The molecule has 2 aliphatic heterocycles. The number of rotatable bonds is 4. The maximum atomic E-state index is 12.8. The lowest BCUT2D eigenvalue weighted by Gasteiger charge is -2.35. The van der Waals surface area contributed by atoms with E-state index < -0.39 is 10.0 Å². The topological polar surface area (TPSA) is 57.7 Å². The molecule has 3 heterocycles. The Bertz CT molecular complexity index is 657. The molecule has 0 aromatic carbocycles. The summed E-state index contributed by atoms with van der Waals surface area (Å²) in [6, 6.07) is 3.43. The minimum Gasteiger partial charge on any atom is -0.342 e. The number of nitrogens with zero attached hydrogens (tertiary/aromatic N) is 2. The summed E-state index contributed by atoms with van der Waals surface area (Å²) in [7, 11) is -3.36. The van der Waals surface area contributed by atoms with Crippen molar-refractivity contribution in [1.82, 2.24) is 9.21 Å². The normalized spacial score (nSPS) is 22.5. The van der Waals surface area contributed by atoms with Crippen LogP contribution in [0.3, 0.4) is 0 Å². The fourth-order valence-corrected chi connectivity index (χ4v) is 6.55. The second-order valence-electron chi connectivity index (χ2n) is 7.20. The molecule has 0 N–H and O–H groups in total. The van der Waals surface area contributed by atoms with E-state index in [9.17, 15) is 13.2 Å². The zero-order valence-electron chi connectivity index (χ0n) is 14.9. The first-order valence-corrected chi connectivity index (χ1v) is 11.6. The Hall–Kier alpha value is -0.920. The molecule has 3 rings (SSSR count). The maximum Gasteiger partial charge on any atom is 0.252 e. The molecule has 0 saturated carbocycles. The highest BCUT2D eigenvalue weighted by Gasteiger charge is 2.35. The Labute approximate surface area is 155 Å². The molecule has 2 fully saturated rings. The summed E-state index contributed by atoms with van der Waals surface area (Å²) in [6.45, 7) is 4.83. The Balaban J connectivity index is 1.57. The molecule has 1 aromatic heterocycles. The minimum absolute atomic E-state index is 0.00954. The molecule has 0 unspecified atom stereocenters. The van der Waals surface area contributed by atoms with Crippen molar-refractivity contribution in [3.8, 4) is 0 Å². The van der Waals surface area contributed by atoms with Crippen molar-refractivity contribution in [2.24, 2.45) is 11.8 Å². The molecule has 140 valence electrons. The zero-order valence-corrected chi connectivity index (χ0v) is 16.5. The lowest BCUT2D eigenvalue weighted by molar-refractivity contribution is -0.137. The SMILES string of the molecule is C[C@H](C(=O)N1CCCCCC1)C1CCN(S(=O)(=O)c2cccs2)CC1. The van der Waals surface area contributed by atoms with E-state index in [1.54, 1.807) is 21.8 Å². The molecule has 0 radical (unpaired) electrons. The molecule has 0 aliphatic carbocycles. The summed E-state index contributed by atoms with van der Waals surface area (Å²) in [5.74, 6) is 0.539. The van der Waals surface area contributed by atoms with Gasteiger partial charge in [-0.3, -0.25) is 4.79 Å². The van der Waals surface area contributed by atoms with Crippen LogP contribution in [-0.4, -0.2) is 49.7 Å². The van der Waals surface area contributed by atoms with Crippen LogP contribution in [0.4, 0.5) is 0 Å². The minimum atomic E-state index is -3.36. The fraction of sp³-hybridized carbons (Fsp3) is 0.722. The van der Waals surface area contributed by atoms with Gasteiger partial charge in [0.05, 0.1) is 0 Å². The molecule has 0 bridgehead atoms. The number of carbonyl (C=O) groups is 1. The molecule has 1 atom stereocenters. The van der Waals surface area contributed by atoms with Crippen molar-refractivity contribution in [2.45, 2.75) is 49.7 Å².